The number of carbonyl (C=O) groups excluding carboxylic acids is 1. The molecule has 2 aromatic rings. The maximum absolute atomic E-state index is 12.6. The predicted molar refractivity (Wildman–Crippen MR) is 97.5 cm³/mol. The van der Waals surface area contributed by atoms with Crippen LogP contribution in [0.15, 0.2) is 30.3 Å². The third kappa shape index (κ3) is 2.53. The van der Waals surface area contributed by atoms with E-state index in [-0.39, 0.29) is 11.3 Å². The molecule has 0 bridgehead atoms. The fourth-order valence-electron chi connectivity index (χ4n) is 4.30. The van der Waals surface area contributed by atoms with Crippen LogP contribution in [-0.2, 0) is 21.6 Å². The fourth-order valence-corrected chi connectivity index (χ4v) is 4.30. The Morgan fingerprint density at radius 1 is 1.23 bits per heavy atom. The van der Waals surface area contributed by atoms with Crippen LogP contribution < -0.4 is 0 Å². The Morgan fingerprint density at radius 2 is 2.04 bits per heavy atom. The molecule has 1 saturated heterocycles. The molecule has 3 aliphatic rings. The number of aryl methyl sites for hydroxylation is 1. The topological polar surface area (TPSA) is 55.3 Å². The Labute approximate surface area is 153 Å². The maximum Gasteiger partial charge on any atom is 0.225 e. The number of benzene rings is 1. The second-order valence-corrected chi connectivity index (χ2v) is 7.88. The van der Waals surface area contributed by atoms with Gasteiger partial charge in [-0.15, -0.1) is 0 Å². The molecule has 1 aliphatic carbocycles. The zero-order valence-corrected chi connectivity index (χ0v) is 15.1. The summed E-state index contributed by atoms with van der Waals surface area (Å²) in [6, 6.07) is 10.1. The largest absolute Gasteiger partial charge is 0.376 e. The lowest BCUT2D eigenvalue weighted by molar-refractivity contribution is -0.131. The van der Waals surface area contributed by atoms with Crippen LogP contribution in [0.4, 0.5) is 0 Å². The van der Waals surface area contributed by atoms with E-state index in [9.17, 15) is 4.79 Å². The molecule has 1 saturated carbocycles. The number of likely N-dealkylation sites (tertiary alicyclic amines) is 1. The van der Waals surface area contributed by atoms with E-state index in [0.717, 1.165) is 60.7 Å². The van der Waals surface area contributed by atoms with Gasteiger partial charge in [-0.2, -0.15) is 0 Å². The third-order valence-electron chi connectivity index (χ3n) is 5.97. The molecular weight excluding hydrogens is 326 g/mol. The van der Waals surface area contributed by atoms with Gasteiger partial charge in [0.15, 0.2) is 5.82 Å². The highest BCUT2D eigenvalue weighted by molar-refractivity contribution is 5.81. The van der Waals surface area contributed by atoms with Crippen molar-refractivity contribution in [2.75, 3.05) is 19.7 Å². The number of carbonyl (C=O) groups is 1. The predicted octanol–water partition coefficient (Wildman–Crippen LogP) is 2.86. The second-order valence-electron chi connectivity index (χ2n) is 7.88. The summed E-state index contributed by atoms with van der Waals surface area (Å²) in [5.41, 5.74) is 4.04. The van der Waals surface area contributed by atoms with Crippen molar-refractivity contribution >= 4 is 5.91 Å². The highest BCUT2D eigenvalue weighted by atomic mass is 16.5. The molecule has 26 heavy (non-hydrogen) atoms. The van der Waals surface area contributed by atoms with Gasteiger partial charge in [0.2, 0.25) is 5.91 Å². The molecule has 1 atom stereocenters. The van der Waals surface area contributed by atoms with Crippen LogP contribution >= 0.6 is 0 Å². The molecule has 1 amide bonds. The fraction of sp³-hybridized carbons (Fsp3) is 0.476. The Balaban J connectivity index is 1.55. The first-order valence-electron chi connectivity index (χ1n) is 9.46. The molecule has 5 heteroatoms. The van der Waals surface area contributed by atoms with Crippen molar-refractivity contribution in [1.29, 1.82) is 0 Å². The zero-order valence-electron chi connectivity index (χ0n) is 15.1. The van der Waals surface area contributed by atoms with E-state index in [1.165, 1.54) is 0 Å². The lowest BCUT2D eigenvalue weighted by Crippen LogP contribution is -2.42. The molecule has 0 N–H and O–H groups in total. The molecule has 1 aromatic carbocycles. The van der Waals surface area contributed by atoms with Gasteiger partial charge in [0.05, 0.1) is 24.3 Å². The minimum absolute atomic E-state index is 0.185. The van der Waals surface area contributed by atoms with Gasteiger partial charge in [-0.3, -0.25) is 4.79 Å². The summed E-state index contributed by atoms with van der Waals surface area (Å²) in [4.78, 5) is 24.3. The lowest BCUT2D eigenvalue weighted by atomic mass is 9.80. The van der Waals surface area contributed by atoms with Crippen molar-refractivity contribution in [3.8, 4) is 11.4 Å². The van der Waals surface area contributed by atoms with E-state index in [0.29, 0.717) is 19.1 Å². The molecular formula is C21H23N3O2. The van der Waals surface area contributed by atoms with Crippen LogP contribution in [0.2, 0.25) is 0 Å². The average molecular weight is 349 g/mol. The van der Waals surface area contributed by atoms with E-state index in [1.54, 1.807) is 0 Å². The number of hydrogen-bond donors (Lipinski definition) is 0. The van der Waals surface area contributed by atoms with Crippen molar-refractivity contribution in [1.82, 2.24) is 14.9 Å². The molecule has 2 aliphatic heterocycles. The SMILES string of the molecule is Cc1nc(-c2ccccc2)nc2c1COC[C@@]21CCN(C(=O)C2CC2)C1. The lowest BCUT2D eigenvalue weighted by Gasteiger charge is -2.35. The summed E-state index contributed by atoms with van der Waals surface area (Å²) in [5.74, 6) is 1.36. The van der Waals surface area contributed by atoms with Gasteiger partial charge in [0, 0.05) is 35.8 Å². The first-order chi connectivity index (χ1) is 12.7. The number of rotatable bonds is 2. The summed E-state index contributed by atoms with van der Waals surface area (Å²) in [6.45, 7) is 4.77. The summed E-state index contributed by atoms with van der Waals surface area (Å²) in [7, 11) is 0. The van der Waals surface area contributed by atoms with Gasteiger partial charge in [-0.25, -0.2) is 9.97 Å². The standard InChI is InChI=1S/C21H23N3O2/c1-14-17-11-26-13-21(9-10-24(12-21)20(25)16-7-8-16)18(17)23-19(22-14)15-5-3-2-4-6-15/h2-6,16H,7-13H2,1H3/t21-/m0/s1. The van der Waals surface area contributed by atoms with Crippen LogP contribution in [0.5, 0.6) is 0 Å². The van der Waals surface area contributed by atoms with Crippen molar-refractivity contribution in [3.05, 3.63) is 47.3 Å². The number of nitrogens with zero attached hydrogens (tertiary/aromatic N) is 3. The van der Waals surface area contributed by atoms with Gasteiger partial charge in [0.1, 0.15) is 0 Å². The first-order valence-corrected chi connectivity index (χ1v) is 9.46. The number of fused-ring (bicyclic) bond motifs is 2. The minimum Gasteiger partial charge on any atom is -0.376 e. The van der Waals surface area contributed by atoms with Crippen LogP contribution in [0.3, 0.4) is 0 Å². The molecule has 1 spiro atoms. The highest BCUT2D eigenvalue weighted by Gasteiger charge is 2.48. The monoisotopic (exact) mass is 349 g/mol. The number of amides is 1. The van der Waals surface area contributed by atoms with Crippen molar-refractivity contribution in [2.24, 2.45) is 5.92 Å². The van der Waals surface area contributed by atoms with E-state index < -0.39 is 0 Å². The van der Waals surface area contributed by atoms with Crippen LogP contribution in [-0.4, -0.2) is 40.5 Å². The molecule has 2 fully saturated rings. The van der Waals surface area contributed by atoms with Crippen LogP contribution in [0, 0.1) is 12.8 Å². The molecule has 5 rings (SSSR count). The molecule has 0 radical (unpaired) electrons. The number of hydrogen-bond acceptors (Lipinski definition) is 4. The summed E-state index contributed by atoms with van der Waals surface area (Å²) in [6.07, 6.45) is 3.02. The minimum atomic E-state index is -0.185. The molecule has 3 heterocycles. The highest BCUT2D eigenvalue weighted by Crippen LogP contribution is 2.42. The zero-order chi connectivity index (χ0) is 17.7. The second kappa shape index (κ2) is 5.88. The molecule has 1 aromatic heterocycles. The average Bonchev–Trinajstić information content (AvgIpc) is 3.44. The number of ether oxygens (including phenoxy) is 1. The summed E-state index contributed by atoms with van der Waals surface area (Å²) < 4.78 is 5.95. The van der Waals surface area contributed by atoms with E-state index in [2.05, 4.69) is 0 Å². The summed E-state index contributed by atoms with van der Waals surface area (Å²) in [5, 5.41) is 0. The van der Waals surface area contributed by atoms with Crippen LogP contribution in [0.1, 0.15) is 36.2 Å². The van der Waals surface area contributed by atoms with Crippen molar-refractivity contribution < 1.29 is 9.53 Å². The van der Waals surface area contributed by atoms with Crippen molar-refractivity contribution in [3.63, 3.8) is 0 Å². The molecule has 0 unspecified atom stereocenters. The van der Waals surface area contributed by atoms with Gasteiger partial charge >= 0.3 is 0 Å². The maximum atomic E-state index is 12.6. The Kier molecular flexibility index (Phi) is 3.60. The number of aromatic nitrogens is 2. The third-order valence-corrected chi connectivity index (χ3v) is 5.97. The molecule has 134 valence electrons. The van der Waals surface area contributed by atoms with Crippen molar-refractivity contribution in [2.45, 2.75) is 38.2 Å². The first kappa shape index (κ1) is 15.9. The van der Waals surface area contributed by atoms with Gasteiger partial charge in [0.25, 0.3) is 0 Å². The van der Waals surface area contributed by atoms with Crippen LogP contribution in [0.25, 0.3) is 11.4 Å². The van der Waals surface area contributed by atoms with Gasteiger partial charge in [-0.05, 0) is 26.2 Å². The van der Waals surface area contributed by atoms with Gasteiger partial charge < -0.3 is 9.64 Å². The Morgan fingerprint density at radius 3 is 2.81 bits per heavy atom. The summed E-state index contributed by atoms with van der Waals surface area (Å²) >= 11 is 0. The smallest absolute Gasteiger partial charge is 0.225 e. The quantitative estimate of drug-likeness (QED) is 0.837. The van der Waals surface area contributed by atoms with E-state index in [1.807, 2.05) is 42.2 Å². The Hall–Kier alpha value is -2.27. The normalized spacial score (nSPS) is 24.7. The van der Waals surface area contributed by atoms with E-state index in [4.69, 9.17) is 14.7 Å². The molecule has 5 nitrogen and oxygen atoms in total. The van der Waals surface area contributed by atoms with Gasteiger partial charge in [-0.1, -0.05) is 30.3 Å². The van der Waals surface area contributed by atoms with E-state index >= 15 is 0 Å². The Bertz CT molecular complexity index is 863.